The van der Waals surface area contributed by atoms with Gasteiger partial charge in [0, 0.05) is 43.6 Å². The Morgan fingerprint density at radius 1 is 1.21 bits per heavy atom. The summed E-state index contributed by atoms with van der Waals surface area (Å²) in [5.41, 5.74) is 3.39. The molecule has 1 aromatic heterocycles. The molecular formula is C18H21FN4O. The molecule has 1 aromatic carbocycles. The lowest BCUT2D eigenvalue weighted by Crippen LogP contribution is -2.37. The Hall–Kier alpha value is -2.05. The van der Waals surface area contributed by atoms with Crippen molar-refractivity contribution in [2.75, 3.05) is 31.2 Å². The van der Waals surface area contributed by atoms with E-state index < -0.39 is 0 Å². The molecule has 2 aromatic rings. The van der Waals surface area contributed by atoms with E-state index in [9.17, 15) is 4.39 Å². The maximum absolute atomic E-state index is 13.3. The number of halogens is 1. The predicted octanol–water partition coefficient (Wildman–Crippen LogP) is 2.23. The highest BCUT2D eigenvalue weighted by Crippen LogP contribution is 2.31. The number of nitrogens with zero attached hydrogens (tertiary/aromatic N) is 3. The Kier molecular flexibility index (Phi) is 4.40. The number of hydrogen-bond donors (Lipinski definition) is 1. The van der Waals surface area contributed by atoms with Crippen LogP contribution in [0.2, 0.25) is 0 Å². The van der Waals surface area contributed by atoms with E-state index >= 15 is 0 Å². The zero-order valence-corrected chi connectivity index (χ0v) is 13.5. The molecule has 1 fully saturated rings. The van der Waals surface area contributed by atoms with E-state index in [-0.39, 0.29) is 11.9 Å². The van der Waals surface area contributed by atoms with E-state index in [0.29, 0.717) is 6.54 Å². The number of rotatable bonds is 4. The van der Waals surface area contributed by atoms with E-state index in [4.69, 9.17) is 4.74 Å². The van der Waals surface area contributed by atoms with Crippen LogP contribution in [0, 0.1) is 5.82 Å². The zero-order valence-electron chi connectivity index (χ0n) is 13.5. The highest BCUT2D eigenvalue weighted by molar-refractivity contribution is 5.35. The third-order valence-electron chi connectivity index (χ3n) is 4.72. The highest BCUT2D eigenvalue weighted by atomic mass is 19.1. The molecule has 0 unspecified atom stereocenters. The first kappa shape index (κ1) is 15.5. The summed E-state index contributed by atoms with van der Waals surface area (Å²) in [6.45, 7) is 3.85. The fourth-order valence-corrected chi connectivity index (χ4v) is 3.41. The van der Waals surface area contributed by atoms with Crippen molar-refractivity contribution in [3.05, 3.63) is 53.1 Å². The van der Waals surface area contributed by atoms with Crippen LogP contribution in [0.4, 0.5) is 10.3 Å². The SMILES string of the molecule is Fc1ccc2c(c1)CC[C@@H]2NCc1cnc(N2CCOCC2)nc1. The summed E-state index contributed by atoms with van der Waals surface area (Å²) >= 11 is 0. The molecule has 1 atom stereocenters. The summed E-state index contributed by atoms with van der Waals surface area (Å²) < 4.78 is 18.6. The van der Waals surface area contributed by atoms with E-state index in [0.717, 1.165) is 56.2 Å². The lowest BCUT2D eigenvalue weighted by molar-refractivity contribution is 0.122. The highest BCUT2D eigenvalue weighted by Gasteiger charge is 2.22. The molecule has 1 N–H and O–H groups in total. The number of nitrogens with one attached hydrogen (secondary N) is 1. The molecule has 0 spiro atoms. The van der Waals surface area contributed by atoms with Crippen molar-refractivity contribution in [2.24, 2.45) is 0 Å². The van der Waals surface area contributed by atoms with Gasteiger partial charge >= 0.3 is 0 Å². The minimum Gasteiger partial charge on any atom is -0.378 e. The van der Waals surface area contributed by atoms with Crippen molar-refractivity contribution >= 4 is 5.95 Å². The first-order valence-corrected chi connectivity index (χ1v) is 8.45. The number of aryl methyl sites for hydroxylation is 1. The Labute approximate surface area is 140 Å². The van der Waals surface area contributed by atoms with Crippen LogP contribution in [-0.2, 0) is 17.7 Å². The minimum absolute atomic E-state index is 0.151. The molecule has 126 valence electrons. The van der Waals surface area contributed by atoms with Gasteiger partial charge in [0.1, 0.15) is 5.82 Å². The normalized spacial score (nSPS) is 20.2. The summed E-state index contributed by atoms with van der Waals surface area (Å²) in [6, 6.07) is 5.36. The lowest BCUT2D eigenvalue weighted by Gasteiger charge is -2.26. The first-order valence-electron chi connectivity index (χ1n) is 8.45. The average molecular weight is 328 g/mol. The topological polar surface area (TPSA) is 50.3 Å². The van der Waals surface area contributed by atoms with Crippen LogP contribution in [0.15, 0.2) is 30.6 Å². The molecule has 1 aliphatic carbocycles. The monoisotopic (exact) mass is 328 g/mol. The fraction of sp³-hybridized carbons (Fsp3) is 0.444. The summed E-state index contributed by atoms with van der Waals surface area (Å²) in [7, 11) is 0. The summed E-state index contributed by atoms with van der Waals surface area (Å²) in [5.74, 6) is 0.616. The van der Waals surface area contributed by atoms with E-state index in [2.05, 4.69) is 20.2 Å². The van der Waals surface area contributed by atoms with Gasteiger partial charge < -0.3 is 15.0 Å². The Balaban J connectivity index is 1.37. The van der Waals surface area contributed by atoms with Crippen LogP contribution in [0.5, 0.6) is 0 Å². The molecule has 2 aliphatic rings. The van der Waals surface area contributed by atoms with Crippen molar-refractivity contribution in [1.82, 2.24) is 15.3 Å². The van der Waals surface area contributed by atoms with Gasteiger partial charge in [-0.1, -0.05) is 6.07 Å². The second kappa shape index (κ2) is 6.83. The van der Waals surface area contributed by atoms with Gasteiger partial charge in [-0.2, -0.15) is 0 Å². The van der Waals surface area contributed by atoms with E-state index in [1.54, 1.807) is 12.1 Å². The molecule has 1 aliphatic heterocycles. The number of morpholine rings is 1. The number of hydrogen-bond acceptors (Lipinski definition) is 5. The number of aromatic nitrogens is 2. The lowest BCUT2D eigenvalue weighted by atomic mass is 10.1. The second-order valence-electron chi connectivity index (χ2n) is 6.31. The first-order chi connectivity index (χ1) is 11.8. The van der Waals surface area contributed by atoms with Crippen LogP contribution >= 0.6 is 0 Å². The quantitative estimate of drug-likeness (QED) is 0.933. The molecular weight excluding hydrogens is 307 g/mol. The summed E-state index contributed by atoms with van der Waals surface area (Å²) in [6.07, 6.45) is 5.69. The average Bonchev–Trinajstić information content (AvgIpc) is 3.03. The third kappa shape index (κ3) is 3.25. The molecule has 2 heterocycles. The standard InChI is InChI=1S/C18H21FN4O/c19-15-2-3-16-14(9-15)1-4-17(16)20-10-13-11-21-18(22-12-13)23-5-7-24-8-6-23/h2-3,9,11-12,17,20H,1,4-8,10H2/t17-/m0/s1. The fourth-order valence-electron chi connectivity index (χ4n) is 3.41. The van der Waals surface area contributed by atoms with Gasteiger partial charge in [0.25, 0.3) is 0 Å². The van der Waals surface area contributed by atoms with Crippen molar-refractivity contribution in [3.8, 4) is 0 Å². The van der Waals surface area contributed by atoms with Crippen molar-refractivity contribution < 1.29 is 9.13 Å². The van der Waals surface area contributed by atoms with Crippen LogP contribution in [0.3, 0.4) is 0 Å². The minimum atomic E-state index is -0.151. The Bertz CT molecular complexity index is 701. The van der Waals surface area contributed by atoms with E-state index in [1.807, 2.05) is 18.5 Å². The molecule has 6 heteroatoms. The van der Waals surface area contributed by atoms with Gasteiger partial charge in [0.15, 0.2) is 0 Å². The van der Waals surface area contributed by atoms with Crippen LogP contribution in [0.1, 0.15) is 29.2 Å². The zero-order chi connectivity index (χ0) is 16.4. The van der Waals surface area contributed by atoms with Gasteiger partial charge in [0.2, 0.25) is 5.95 Å². The van der Waals surface area contributed by atoms with E-state index in [1.165, 1.54) is 5.56 Å². The molecule has 0 bridgehead atoms. The van der Waals surface area contributed by atoms with Gasteiger partial charge in [-0.3, -0.25) is 0 Å². The van der Waals surface area contributed by atoms with Gasteiger partial charge in [-0.05, 0) is 36.1 Å². The molecule has 24 heavy (non-hydrogen) atoms. The maximum atomic E-state index is 13.3. The van der Waals surface area contributed by atoms with Crippen LogP contribution in [0.25, 0.3) is 0 Å². The Morgan fingerprint density at radius 2 is 2.00 bits per heavy atom. The molecule has 0 amide bonds. The van der Waals surface area contributed by atoms with Crippen molar-refractivity contribution in [1.29, 1.82) is 0 Å². The second-order valence-corrected chi connectivity index (χ2v) is 6.31. The molecule has 1 saturated heterocycles. The van der Waals surface area contributed by atoms with Gasteiger partial charge in [-0.15, -0.1) is 0 Å². The number of ether oxygens (including phenoxy) is 1. The van der Waals surface area contributed by atoms with Gasteiger partial charge in [0.05, 0.1) is 13.2 Å². The summed E-state index contributed by atoms with van der Waals surface area (Å²) in [5, 5.41) is 3.54. The van der Waals surface area contributed by atoms with Crippen LogP contribution in [-0.4, -0.2) is 36.3 Å². The maximum Gasteiger partial charge on any atom is 0.225 e. The molecule has 0 saturated carbocycles. The largest absolute Gasteiger partial charge is 0.378 e. The smallest absolute Gasteiger partial charge is 0.225 e. The molecule has 4 rings (SSSR count). The number of fused-ring (bicyclic) bond motifs is 1. The van der Waals surface area contributed by atoms with Crippen molar-refractivity contribution in [3.63, 3.8) is 0 Å². The van der Waals surface area contributed by atoms with Gasteiger partial charge in [-0.25, -0.2) is 14.4 Å². The number of anilines is 1. The third-order valence-corrected chi connectivity index (χ3v) is 4.72. The number of benzene rings is 1. The Morgan fingerprint density at radius 3 is 2.79 bits per heavy atom. The predicted molar refractivity (Wildman–Crippen MR) is 89.4 cm³/mol. The molecule has 5 nitrogen and oxygen atoms in total. The van der Waals surface area contributed by atoms with Crippen molar-refractivity contribution in [2.45, 2.75) is 25.4 Å². The van der Waals surface area contributed by atoms with Crippen LogP contribution < -0.4 is 10.2 Å². The molecule has 0 radical (unpaired) electrons. The summed E-state index contributed by atoms with van der Waals surface area (Å²) in [4.78, 5) is 11.1.